The quantitative estimate of drug-likeness (QED) is 0.0262. The lowest BCUT2D eigenvalue weighted by atomic mass is 10.1. The minimum absolute atomic E-state index is 0.113. The molecule has 6 nitrogen and oxygen atoms in total. The van der Waals surface area contributed by atoms with Crippen LogP contribution in [0, 0.1) is 0 Å². The van der Waals surface area contributed by atoms with Gasteiger partial charge in [-0.25, -0.2) is 0 Å². The van der Waals surface area contributed by atoms with Crippen molar-refractivity contribution in [1.82, 2.24) is 0 Å². The molecule has 0 aromatic rings. The number of unbranched alkanes of at least 4 members (excludes halogenated alkanes) is 19. The van der Waals surface area contributed by atoms with Gasteiger partial charge in [-0.2, -0.15) is 0 Å². The number of hydrogen-bond acceptors (Lipinski definition) is 6. The standard InChI is InChI=1S/C61H100O6/c1-4-7-10-13-16-19-22-25-28-29-30-31-34-36-39-42-45-48-51-54-60(63)66-57-58(67-61(64)55-52-49-46-43-40-37-33-27-24-21-18-15-12-9-6-3)56-65-59(62)53-50-47-44-41-38-35-32-26-23-20-17-14-11-8-5-2/h16-21,25-28,30-33,36,39-40,43,58H,4-15,22-24,29,34-35,37-38,41-42,44-57H2,1-3H3/b19-16-,20-17-,21-18-,28-25-,31-30-,32-26-,33-27-,39-36-,43-40-/t58-/m1/s1. The molecule has 0 heterocycles. The Morgan fingerprint density at radius 1 is 0.299 bits per heavy atom. The van der Waals surface area contributed by atoms with E-state index in [1.165, 1.54) is 77.0 Å². The number of allylic oxidation sites excluding steroid dienone is 18. The summed E-state index contributed by atoms with van der Waals surface area (Å²) in [4.78, 5) is 38.1. The van der Waals surface area contributed by atoms with Crippen molar-refractivity contribution < 1.29 is 28.6 Å². The largest absolute Gasteiger partial charge is 0.462 e. The van der Waals surface area contributed by atoms with Gasteiger partial charge < -0.3 is 14.2 Å². The maximum atomic E-state index is 12.8. The van der Waals surface area contributed by atoms with E-state index in [4.69, 9.17) is 14.2 Å². The Bertz CT molecular complexity index is 1390. The summed E-state index contributed by atoms with van der Waals surface area (Å²) in [6.07, 6.45) is 73.5. The maximum Gasteiger partial charge on any atom is 0.306 e. The zero-order chi connectivity index (χ0) is 48.6. The fourth-order valence-corrected chi connectivity index (χ4v) is 7.05. The average Bonchev–Trinajstić information content (AvgIpc) is 3.33. The van der Waals surface area contributed by atoms with Crippen molar-refractivity contribution in [3.05, 3.63) is 109 Å². The van der Waals surface area contributed by atoms with Crippen LogP contribution < -0.4 is 0 Å². The molecule has 0 aliphatic heterocycles. The molecule has 6 heteroatoms. The van der Waals surface area contributed by atoms with Crippen LogP contribution in [-0.4, -0.2) is 37.2 Å². The van der Waals surface area contributed by atoms with Gasteiger partial charge in [0.15, 0.2) is 6.10 Å². The van der Waals surface area contributed by atoms with Crippen molar-refractivity contribution in [2.24, 2.45) is 0 Å². The van der Waals surface area contributed by atoms with E-state index in [0.717, 1.165) is 116 Å². The summed E-state index contributed by atoms with van der Waals surface area (Å²) in [6.45, 7) is 6.47. The lowest BCUT2D eigenvalue weighted by Crippen LogP contribution is -2.30. The van der Waals surface area contributed by atoms with Crippen LogP contribution in [0.25, 0.3) is 0 Å². The Morgan fingerprint density at radius 2 is 0.537 bits per heavy atom. The van der Waals surface area contributed by atoms with Gasteiger partial charge in [0.05, 0.1) is 0 Å². The lowest BCUT2D eigenvalue weighted by Gasteiger charge is -2.18. The zero-order valence-electron chi connectivity index (χ0n) is 43.4. The van der Waals surface area contributed by atoms with E-state index in [0.29, 0.717) is 19.3 Å². The third-order valence-electron chi connectivity index (χ3n) is 11.2. The van der Waals surface area contributed by atoms with E-state index < -0.39 is 6.10 Å². The molecule has 0 aliphatic rings. The molecular weight excluding hydrogens is 829 g/mol. The monoisotopic (exact) mass is 929 g/mol. The van der Waals surface area contributed by atoms with Gasteiger partial charge in [0, 0.05) is 19.3 Å². The SMILES string of the molecule is CCCCC/C=C\C/C=C\C/C=C\C/C=C\CCCCCC(=O)OC[C@@H](COC(=O)CCCCCCC/C=C\C/C=C\CCCCC)OC(=O)CCCC/C=C\C/C=C\C/C=C\CCCCC. The van der Waals surface area contributed by atoms with Crippen LogP contribution in [0.2, 0.25) is 0 Å². The van der Waals surface area contributed by atoms with Gasteiger partial charge in [0.25, 0.3) is 0 Å². The molecule has 0 aliphatic carbocycles. The van der Waals surface area contributed by atoms with Crippen molar-refractivity contribution in [2.75, 3.05) is 13.2 Å². The topological polar surface area (TPSA) is 78.9 Å². The fraction of sp³-hybridized carbons (Fsp3) is 0.656. The molecule has 0 unspecified atom stereocenters. The summed E-state index contributed by atoms with van der Waals surface area (Å²) in [5.74, 6) is -0.999. The van der Waals surface area contributed by atoms with E-state index in [1.54, 1.807) is 0 Å². The van der Waals surface area contributed by atoms with Gasteiger partial charge in [-0.05, 0) is 135 Å². The molecule has 0 aromatic carbocycles. The van der Waals surface area contributed by atoms with Gasteiger partial charge in [-0.3, -0.25) is 14.4 Å². The highest BCUT2D eigenvalue weighted by molar-refractivity contribution is 5.71. The van der Waals surface area contributed by atoms with E-state index in [1.807, 2.05) is 0 Å². The highest BCUT2D eigenvalue weighted by atomic mass is 16.6. The molecule has 1 atom stereocenters. The van der Waals surface area contributed by atoms with Crippen molar-refractivity contribution in [3.63, 3.8) is 0 Å². The van der Waals surface area contributed by atoms with Crippen LogP contribution in [0.5, 0.6) is 0 Å². The second-order valence-electron chi connectivity index (χ2n) is 17.8. The Labute approximate surface area is 412 Å². The first-order chi connectivity index (χ1) is 33.0. The van der Waals surface area contributed by atoms with Crippen LogP contribution in [0.1, 0.15) is 239 Å². The minimum Gasteiger partial charge on any atom is -0.462 e. The predicted octanol–water partition coefficient (Wildman–Crippen LogP) is 18.3. The molecule has 380 valence electrons. The summed E-state index contributed by atoms with van der Waals surface area (Å²) >= 11 is 0. The number of hydrogen-bond donors (Lipinski definition) is 0. The lowest BCUT2D eigenvalue weighted by molar-refractivity contribution is -0.167. The highest BCUT2D eigenvalue weighted by Gasteiger charge is 2.19. The minimum atomic E-state index is -0.819. The molecule has 0 amide bonds. The highest BCUT2D eigenvalue weighted by Crippen LogP contribution is 2.12. The molecule has 0 saturated heterocycles. The van der Waals surface area contributed by atoms with E-state index in [2.05, 4.69) is 130 Å². The number of esters is 3. The van der Waals surface area contributed by atoms with Gasteiger partial charge >= 0.3 is 17.9 Å². The van der Waals surface area contributed by atoms with Gasteiger partial charge in [-0.1, -0.05) is 194 Å². The molecule has 0 aromatic heterocycles. The second kappa shape index (κ2) is 54.7. The summed E-state index contributed by atoms with van der Waals surface area (Å²) < 4.78 is 16.8. The van der Waals surface area contributed by atoms with E-state index in [9.17, 15) is 14.4 Å². The summed E-state index contributed by atoms with van der Waals surface area (Å²) in [6, 6.07) is 0. The third-order valence-corrected chi connectivity index (χ3v) is 11.2. The molecule has 0 spiro atoms. The molecule has 67 heavy (non-hydrogen) atoms. The van der Waals surface area contributed by atoms with Crippen LogP contribution in [-0.2, 0) is 28.6 Å². The Balaban J connectivity index is 4.54. The fourth-order valence-electron chi connectivity index (χ4n) is 7.05. The van der Waals surface area contributed by atoms with Gasteiger partial charge in [0.1, 0.15) is 13.2 Å². The van der Waals surface area contributed by atoms with Crippen LogP contribution in [0.15, 0.2) is 109 Å². The molecule has 0 N–H and O–H groups in total. The number of ether oxygens (including phenoxy) is 3. The Hall–Kier alpha value is -3.93. The smallest absolute Gasteiger partial charge is 0.306 e. The van der Waals surface area contributed by atoms with Gasteiger partial charge in [0.2, 0.25) is 0 Å². The predicted molar refractivity (Wildman–Crippen MR) is 288 cm³/mol. The van der Waals surface area contributed by atoms with Crippen LogP contribution in [0.3, 0.4) is 0 Å². The summed E-state index contributed by atoms with van der Waals surface area (Å²) in [7, 11) is 0. The first-order valence-corrected chi connectivity index (χ1v) is 27.4. The van der Waals surface area contributed by atoms with Crippen molar-refractivity contribution >= 4 is 17.9 Å². The van der Waals surface area contributed by atoms with E-state index >= 15 is 0 Å². The maximum absolute atomic E-state index is 12.8. The molecular formula is C61H100O6. The first kappa shape index (κ1) is 63.1. The molecule has 0 fully saturated rings. The van der Waals surface area contributed by atoms with Crippen molar-refractivity contribution in [1.29, 1.82) is 0 Å². The van der Waals surface area contributed by atoms with Crippen LogP contribution >= 0.6 is 0 Å². The molecule has 0 rings (SSSR count). The van der Waals surface area contributed by atoms with Crippen LogP contribution in [0.4, 0.5) is 0 Å². The first-order valence-electron chi connectivity index (χ1n) is 27.4. The van der Waals surface area contributed by atoms with Crippen molar-refractivity contribution in [2.45, 2.75) is 245 Å². The van der Waals surface area contributed by atoms with Crippen molar-refractivity contribution in [3.8, 4) is 0 Å². The number of rotatable bonds is 48. The zero-order valence-corrected chi connectivity index (χ0v) is 43.4. The normalized spacial score (nSPS) is 12.9. The van der Waals surface area contributed by atoms with E-state index in [-0.39, 0.29) is 37.5 Å². The Kier molecular flexibility index (Phi) is 51.5. The molecule has 0 bridgehead atoms. The molecule has 0 saturated carbocycles. The second-order valence-corrected chi connectivity index (χ2v) is 17.8. The molecule has 0 radical (unpaired) electrons. The summed E-state index contributed by atoms with van der Waals surface area (Å²) in [5, 5.41) is 0. The third kappa shape index (κ3) is 52.9. The number of carbonyl (C=O) groups is 3. The number of carbonyl (C=O) groups excluding carboxylic acids is 3. The average molecular weight is 929 g/mol. The summed E-state index contributed by atoms with van der Waals surface area (Å²) in [5.41, 5.74) is 0. The van der Waals surface area contributed by atoms with Gasteiger partial charge in [-0.15, -0.1) is 0 Å². The Morgan fingerprint density at radius 3 is 0.881 bits per heavy atom.